The van der Waals surface area contributed by atoms with Crippen LogP contribution in [-0.2, 0) is 36.7 Å². The molecule has 2 fully saturated rings. The second kappa shape index (κ2) is 11.8. The van der Waals surface area contributed by atoms with Crippen molar-refractivity contribution in [2.24, 2.45) is 0 Å². The molecule has 0 aromatic carbocycles. The topological polar surface area (TPSA) is 321 Å². The van der Waals surface area contributed by atoms with E-state index in [9.17, 15) is 49.2 Å². The summed E-state index contributed by atoms with van der Waals surface area (Å²) in [6.45, 7) is -1.30. The lowest BCUT2D eigenvalue weighted by molar-refractivity contribution is -0.281. The van der Waals surface area contributed by atoms with E-state index in [-0.39, 0.29) is 23.7 Å². The minimum Gasteiger partial charge on any atom is -0.387 e. The van der Waals surface area contributed by atoms with E-state index in [0.717, 1.165) is 10.9 Å². The van der Waals surface area contributed by atoms with E-state index < -0.39 is 83.1 Å². The van der Waals surface area contributed by atoms with Crippen LogP contribution in [0.1, 0.15) is 6.23 Å². The first-order valence-corrected chi connectivity index (χ1v) is 14.3. The first-order chi connectivity index (χ1) is 18.6. The van der Waals surface area contributed by atoms with Crippen molar-refractivity contribution >= 4 is 32.8 Å². The summed E-state index contributed by atoms with van der Waals surface area (Å²) in [5, 5.41) is 50.6. The van der Waals surface area contributed by atoms with Gasteiger partial charge in [-0.05, 0) is 0 Å². The number of phosphoric ester groups is 2. The summed E-state index contributed by atoms with van der Waals surface area (Å²) >= 11 is 0. The van der Waals surface area contributed by atoms with Gasteiger partial charge >= 0.3 is 15.6 Å². The molecule has 40 heavy (non-hydrogen) atoms. The fourth-order valence-electron chi connectivity index (χ4n) is 4.00. The van der Waals surface area contributed by atoms with Gasteiger partial charge < -0.3 is 55.3 Å². The van der Waals surface area contributed by atoms with Crippen LogP contribution in [0.4, 0.5) is 5.95 Å². The smallest absolute Gasteiger partial charge is 0.387 e. The van der Waals surface area contributed by atoms with Crippen LogP contribution in [-0.4, -0.2) is 124 Å². The summed E-state index contributed by atoms with van der Waals surface area (Å²) in [6.07, 6.45) is -14.4. The average Bonchev–Trinajstić information content (AvgIpc) is 3.39. The highest BCUT2D eigenvalue weighted by Gasteiger charge is 2.49. The van der Waals surface area contributed by atoms with Gasteiger partial charge in [-0.2, -0.15) is 9.29 Å². The number of aliphatic hydroxyl groups is 5. The molecule has 4 rings (SSSR count). The SMILES string of the molecule is COC[C@@H]1O[C@H](OP(=O)(O)OP(=O)(O)OC[C@H]2O[C@@H](n3cnc4c(=O)[nH]c(N)nc43)[C@H](O)[C@@H]2O)[C@@H](O)[C@H](O)[C@@H]1O. The highest BCUT2D eigenvalue weighted by atomic mass is 31.3. The maximum atomic E-state index is 12.4. The Morgan fingerprint density at radius 3 is 2.33 bits per heavy atom. The molecule has 23 heteroatoms. The van der Waals surface area contributed by atoms with Crippen LogP contribution in [0.2, 0.25) is 0 Å². The highest BCUT2D eigenvalue weighted by molar-refractivity contribution is 7.61. The number of imidazole rings is 1. The van der Waals surface area contributed by atoms with Gasteiger partial charge in [-0.15, -0.1) is 0 Å². The Morgan fingerprint density at radius 1 is 1.00 bits per heavy atom. The van der Waals surface area contributed by atoms with E-state index in [2.05, 4.69) is 28.3 Å². The summed E-state index contributed by atoms with van der Waals surface area (Å²) in [5.74, 6) is -0.271. The van der Waals surface area contributed by atoms with E-state index in [4.69, 9.17) is 19.9 Å². The number of ether oxygens (including phenoxy) is 3. The summed E-state index contributed by atoms with van der Waals surface area (Å²) in [5.41, 5.74) is 4.58. The van der Waals surface area contributed by atoms with Crippen molar-refractivity contribution in [3.8, 4) is 0 Å². The van der Waals surface area contributed by atoms with Crippen LogP contribution in [0.25, 0.3) is 11.2 Å². The van der Waals surface area contributed by atoms with Gasteiger partial charge in [-0.1, -0.05) is 0 Å². The maximum absolute atomic E-state index is 12.4. The Hall–Kier alpha value is -1.91. The molecule has 0 amide bonds. The van der Waals surface area contributed by atoms with Gasteiger partial charge in [0, 0.05) is 7.11 Å². The Balaban J connectivity index is 1.39. The fourth-order valence-corrected chi connectivity index (χ4v) is 6.16. The molecule has 10 N–H and O–H groups in total. The third kappa shape index (κ3) is 6.44. The van der Waals surface area contributed by atoms with E-state index in [0.29, 0.717) is 0 Å². The van der Waals surface area contributed by atoms with Crippen LogP contribution >= 0.6 is 15.6 Å². The van der Waals surface area contributed by atoms with E-state index in [1.165, 1.54) is 7.11 Å². The fraction of sp³-hybridized carbons (Fsp3) is 0.706. The monoisotopic (exact) mass is 619 g/mol. The first-order valence-electron chi connectivity index (χ1n) is 11.3. The van der Waals surface area contributed by atoms with Crippen molar-refractivity contribution in [1.82, 2.24) is 19.5 Å². The quantitative estimate of drug-likeness (QED) is 0.114. The predicted octanol–water partition coefficient (Wildman–Crippen LogP) is -3.97. The van der Waals surface area contributed by atoms with Gasteiger partial charge in [-0.3, -0.25) is 23.4 Å². The van der Waals surface area contributed by atoms with Crippen molar-refractivity contribution in [3.05, 3.63) is 16.7 Å². The molecule has 0 bridgehead atoms. The van der Waals surface area contributed by atoms with Crippen LogP contribution in [0, 0.1) is 0 Å². The number of nitrogens with one attached hydrogen (secondary N) is 1. The number of fused-ring (bicyclic) bond motifs is 1. The number of aromatic amines is 1. The van der Waals surface area contributed by atoms with Gasteiger partial charge in [0.25, 0.3) is 5.56 Å². The number of phosphoric acid groups is 2. The molecule has 2 aliphatic heterocycles. The molecule has 21 nitrogen and oxygen atoms in total. The standard InChI is InChI=1S/C17H27N5O16P2/c1-33-2-5-8(23)10(25)12(27)16(36-5)37-40(31,32)38-39(29,30)34-3-6-9(24)11(26)15(35-6)22-4-19-7-13(22)20-17(18)21-14(7)28/h4-6,8-12,15-16,23-27H,2-3H2,1H3,(H,29,30)(H,31,32)(H3,18,20,21,28)/t5-,6+,8+,9+,10+,11+,12-,15+,16+/m0/s1. The van der Waals surface area contributed by atoms with Crippen LogP contribution < -0.4 is 11.3 Å². The number of anilines is 1. The number of aromatic nitrogens is 4. The van der Waals surface area contributed by atoms with Crippen LogP contribution in [0.5, 0.6) is 0 Å². The van der Waals surface area contributed by atoms with Crippen molar-refractivity contribution in [2.75, 3.05) is 26.1 Å². The van der Waals surface area contributed by atoms with Gasteiger partial charge in [0.2, 0.25) is 5.95 Å². The zero-order chi connectivity index (χ0) is 29.6. The summed E-state index contributed by atoms with van der Waals surface area (Å²) < 4.78 is 54.5. The van der Waals surface area contributed by atoms with E-state index in [1.54, 1.807) is 0 Å². The third-order valence-corrected chi connectivity index (χ3v) is 8.51. The second-order valence-corrected chi connectivity index (χ2v) is 11.7. The second-order valence-electron chi connectivity index (χ2n) is 8.71. The summed E-state index contributed by atoms with van der Waals surface area (Å²) in [7, 11) is -9.81. The molecular weight excluding hydrogens is 592 g/mol. The number of hydrogen-bond acceptors (Lipinski definition) is 17. The minimum atomic E-state index is -5.56. The molecule has 11 atom stereocenters. The number of hydrogen-bond donors (Lipinski definition) is 9. The molecule has 2 aliphatic rings. The Kier molecular flexibility index (Phi) is 9.13. The molecule has 2 aromatic heterocycles. The molecule has 0 aliphatic carbocycles. The van der Waals surface area contributed by atoms with Gasteiger partial charge in [-0.25, -0.2) is 14.1 Å². The normalized spacial score (nSPS) is 36.0. The molecule has 4 heterocycles. The highest BCUT2D eigenvalue weighted by Crippen LogP contribution is 2.61. The van der Waals surface area contributed by atoms with Crippen LogP contribution in [0.15, 0.2) is 11.1 Å². The average molecular weight is 619 g/mol. The predicted molar refractivity (Wildman–Crippen MR) is 125 cm³/mol. The van der Waals surface area contributed by atoms with Crippen molar-refractivity contribution in [1.29, 1.82) is 0 Å². The summed E-state index contributed by atoms with van der Waals surface area (Å²) in [6, 6.07) is 0. The number of rotatable bonds is 10. The zero-order valence-corrected chi connectivity index (χ0v) is 22.1. The maximum Gasteiger partial charge on any atom is 0.483 e. The molecule has 2 saturated heterocycles. The third-order valence-electron chi connectivity index (χ3n) is 5.91. The Labute approximate surface area is 222 Å². The first kappa shape index (κ1) is 31.0. The number of nitrogen functional groups attached to an aromatic ring is 1. The zero-order valence-electron chi connectivity index (χ0n) is 20.3. The van der Waals surface area contributed by atoms with Crippen LogP contribution in [0.3, 0.4) is 0 Å². The van der Waals surface area contributed by atoms with Gasteiger partial charge in [0.1, 0.15) is 42.7 Å². The molecular formula is C17H27N5O16P2. The number of nitrogens with zero attached hydrogens (tertiary/aromatic N) is 3. The van der Waals surface area contributed by atoms with E-state index in [1.807, 2.05) is 0 Å². The van der Waals surface area contributed by atoms with Gasteiger partial charge in [0.05, 0.1) is 19.5 Å². The molecule has 0 spiro atoms. The number of H-pyrrole nitrogens is 1. The lowest BCUT2D eigenvalue weighted by Gasteiger charge is -2.40. The number of nitrogens with two attached hydrogens (primary N) is 1. The lowest BCUT2D eigenvalue weighted by Crippen LogP contribution is -2.59. The number of methoxy groups -OCH3 is 1. The molecule has 0 saturated carbocycles. The summed E-state index contributed by atoms with van der Waals surface area (Å²) in [4.78, 5) is 41.9. The van der Waals surface area contributed by atoms with Crippen molar-refractivity contribution in [3.63, 3.8) is 0 Å². The lowest BCUT2D eigenvalue weighted by atomic mass is 9.99. The minimum absolute atomic E-state index is 0.105. The number of aliphatic hydroxyl groups excluding tert-OH is 5. The Bertz CT molecular complexity index is 1360. The molecule has 2 aromatic rings. The van der Waals surface area contributed by atoms with Crippen molar-refractivity contribution < 1.29 is 72.0 Å². The Morgan fingerprint density at radius 2 is 1.65 bits per heavy atom. The molecule has 0 radical (unpaired) electrons. The largest absolute Gasteiger partial charge is 0.483 e. The van der Waals surface area contributed by atoms with E-state index >= 15 is 0 Å². The van der Waals surface area contributed by atoms with Gasteiger partial charge in [0.15, 0.2) is 23.7 Å². The molecule has 2 unspecified atom stereocenters. The van der Waals surface area contributed by atoms with Crippen molar-refractivity contribution in [2.45, 2.75) is 55.2 Å². The molecule has 226 valence electrons.